The summed E-state index contributed by atoms with van der Waals surface area (Å²) in [5.74, 6) is 0. The molecule has 1 heterocycles. The molecule has 1 unspecified atom stereocenters. The number of aromatic nitrogens is 1. The van der Waals surface area contributed by atoms with Gasteiger partial charge in [-0.1, -0.05) is 24.3 Å². The molecule has 0 aliphatic heterocycles. The minimum absolute atomic E-state index is 0.110. The van der Waals surface area contributed by atoms with Crippen LogP contribution in [0.15, 0.2) is 36.5 Å². The molecule has 0 fully saturated rings. The Hall–Kier alpha value is -1.49. The first-order chi connectivity index (χ1) is 8.86. The Morgan fingerprint density at radius 1 is 1.33 bits per heavy atom. The highest BCUT2D eigenvalue weighted by molar-refractivity contribution is 5.82. The lowest BCUT2D eigenvalue weighted by Crippen LogP contribution is -2.30. The van der Waals surface area contributed by atoms with Crippen LogP contribution in [0.3, 0.4) is 0 Å². The molecule has 0 bridgehead atoms. The van der Waals surface area contributed by atoms with Crippen molar-refractivity contribution in [3.63, 3.8) is 0 Å². The highest BCUT2D eigenvalue weighted by Gasteiger charge is 2.12. The molecular weight excluding hydrogens is 226 g/mol. The van der Waals surface area contributed by atoms with Gasteiger partial charge in [0.1, 0.15) is 0 Å². The molecule has 1 atom stereocenters. The van der Waals surface area contributed by atoms with E-state index in [0.29, 0.717) is 13.2 Å². The SMILES string of the molecule is COCCNC(CN)c1cccc2cccnc12. The first-order valence-corrected chi connectivity index (χ1v) is 6.13. The zero-order valence-electron chi connectivity index (χ0n) is 10.6. The van der Waals surface area contributed by atoms with E-state index in [-0.39, 0.29) is 6.04 Å². The average molecular weight is 245 g/mol. The Morgan fingerprint density at radius 2 is 2.17 bits per heavy atom. The highest BCUT2D eigenvalue weighted by atomic mass is 16.5. The zero-order valence-corrected chi connectivity index (χ0v) is 10.6. The standard InChI is InChI=1S/C14H19N3O/c1-18-9-8-16-13(10-15)12-6-2-4-11-5-3-7-17-14(11)12/h2-7,13,16H,8-10,15H2,1H3. The number of ether oxygens (including phenoxy) is 1. The van der Waals surface area contributed by atoms with E-state index >= 15 is 0 Å². The van der Waals surface area contributed by atoms with Gasteiger partial charge in [0, 0.05) is 37.8 Å². The summed E-state index contributed by atoms with van der Waals surface area (Å²) in [6.07, 6.45) is 1.81. The van der Waals surface area contributed by atoms with Crippen LogP contribution in [0.4, 0.5) is 0 Å². The average Bonchev–Trinajstić information content (AvgIpc) is 2.43. The second kappa shape index (κ2) is 6.44. The maximum atomic E-state index is 5.85. The first-order valence-electron chi connectivity index (χ1n) is 6.13. The number of hydrogen-bond acceptors (Lipinski definition) is 4. The summed E-state index contributed by atoms with van der Waals surface area (Å²) >= 11 is 0. The minimum Gasteiger partial charge on any atom is -0.383 e. The lowest BCUT2D eigenvalue weighted by molar-refractivity contribution is 0.196. The Bertz CT molecular complexity index is 496. The Morgan fingerprint density at radius 3 is 2.94 bits per heavy atom. The summed E-state index contributed by atoms with van der Waals surface area (Å²) in [5, 5.41) is 4.53. The predicted molar refractivity (Wildman–Crippen MR) is 73.4 cm³/mol. The van der Waals surface area contributed by atoms with E-state index in [4.69, 9.17) is 10.5 Å². The quantitative estimate of drug-likeness (QED) is 0.757. The number of para-hydroxylation sites is 1. The van der Waals surface area contributed by atoms with Gasteiger partial charge in [0.05, 0.1) is 12.1 Å². The molecule has 0 saturated carbocycles. The van der Waals surface area contributed by atoms with Gasteiger partial charge in [0.15, 0.2) is 0 Å². The van der Waals surface area contributed by atoms with Crippen molar-refractivity contribution in [3.8, 4) is 0 Å². The fourth-order valence-electron chi connectivity index (χ4n) is 2.06. The molecule has 96 valence electrons. The van der Waals surface area contributed by atoms with Crippen LogP contribution in [0.25, 0.3) is 10.9 Å². The van der Waals surface area contributed by atoms with Crippen molar-refractivity contribution in [1.29, 1.82) is 0 Å². The number of methoxy groups -OCH3 is 1. The smallest absolute Gasteiger partial charge is 0.0750 e. The molecule has 0 radical (unpaired) electrons. The first kappa shape index (κ1) is 13.0. The molecule has 0 aliphatic carbocycles. The van der Waals surface area contributed by atoms with E-state index in [1.165, 1.54) is 0 Å². The molecule has 2 rings (SSSR count). The van der Waals surface area contributed by atoms with Crippen LogP contribution in [0.2, 0.25) is 0 Å². The third-order valence-corrected chi connectivity index (χ3v) is 2.97. The predicted octanol–water partition coefficient (Wildman–Crippen LogP) is 1.47. The van der Waals surface area contributed by atoms with Crippen LogP contribution in [0, 0.1) is 0 Å². The number of nitrogens with zero attached hydrogens (tertiary/aromatic N) is 1. The molecule has 2 aromatic rings. The van der Waals surface area contributed by atoms with E-state index in [2.05, 4.69) is 28.5 Å². The van der Waals surface area contributed by atoms with Crippen molar-refractivity contribution in [2.24, 2.45) is 5.73 Å². The van der Waals surface area contributed by atoms with Crippen molar-refractivity contribution in [2.45, 2.75) is 6.04 Å². The lowest BCUT2D eigenvalue weighted by atomic mass is 10.0. The molecule has 18 heavy (non-hydrogen) atoms. The van der Waals surface area contributed by atoms with Gasteiger partial charge in [0.25, 0.3) is 0 Å². The molecule has 0 amide bonds. The zero-order chi connectivity index (χ0) is 12.8. The van der Waals surface area contributed by atoms with Gasteiger partial charge in [-0.2, -0.15) is 0 Å². The summed E-state index contributed by atoms with van der Waals surface area (Å²) in [7, 11) is 1.69. The van der Waals surface area contributed by atoms with Crippen molar-refractivity contribution in [3.05, 3.63) is 42.1 Å². The van der Waals surface area contributed by atoms with Gasteiger partial charge in [0.2, 0.25) is 0 Å². The van der Waals surface area contributed by atoms with E-state index in [0.717, 1.165) is 23.0 Å². The third kappa shape index (κ3) is 2.85. The summed E-state index contributed by atoms with van der Waals surface area (Å²) < 4.78 is 5.04. The van der Waals surface area contributed by atoms with Gasteiger partial charge >= 0.3 is 0 Å². The maximum absolute atomic E-state index is 5.85. The molecule has 0 aliphatic rings. The van der Waals surface area contributed by atoms with Crippen molar-refractivity contribution >= 4 is 10.9 Å². The summed E-state index contributed by atoms with van der Waals surface area (Å²) in [4.78, 5) is 4.45. The second-order valence-corrected chi connectivity index (χ2v) is 4.16. The molecule has 1 aromatic heterocycles. The van der Waals surface area contributed by atoms with E-state index in [1.807, 2.05) is 18.3 Å². The van der Waals surface area contributed by atoms with Crippen LogP contribution in [-0.4, -0.2) is 31.8 Å². The number of nitrogens with two attached hydrogens (primary N) is 1. The van der Waals surface area contributed by atoms with Crippen LogP contribution in [0.5, 0.6) is 0 Å². The minimum atomic E-state index is 0.110. The van der Waals surface area contributed by atoms with Crippen LogP contribution in [0.1, 0.15) is 11.6 Å². The lowest BCUT2D eigenvalue weighted by Gasteiger charge is -2.18. The molecular formula is C14H19N3O. The van der Waals surface area contributed by atoms with Crippen LogP contribution < -0.4 is 11.1 Å². The van der Waals surface area contributed by atoms with E-state index in [9.17, 15) is 0 Å². The van der Waals surface area contributed by atoms with Gasteiger partial charge in [-0.25, -0.2) is 0 Å². The number of pyridine rings is 1. The normalized spacial score (nSPS) is 12.8. The molecule has 0 saturated heterocycles. The van der Waals surface area contributed by atoms with Crippen LogP contribution >= 0.6 is 0 Å². The maximum Gasteiger partial charge on any atom is 0.0750 e. The van der Waals surface area contributed by atoms with Gasteiger partial charge in [-0.15, -0.1) is 0 Å². The molecule has 3 N–H and O–H groups in total. The number of hydrogen-bond donors (Lipinski definition) is 2. The molecule has 0 spiro atoms. The number of rotatable bonds is 6. The summed E-state index contributed by atoms with van der Waals surface area (Å²) in [6.45, 7) is 2.00. The van der Waals surface area contributed by atoms with Crippen molar-refractivity contribution in [1.82, 2.24) is 10.3 Å². The Kier molecular flexibility index (Phi) is 4.64. The van der Waals surface area contributed by atoms with Crippen LogP contribution in [-0.2, 0) is 4.74 Å². The summed E-state index contributed by atoms with van der Waals surface area (Å²) in [6, 6.07) is 10.3. The molecule has 4 heteroatoms. The van der Waals surface area contributed by atoms with Gasteiger partial charge < -0.3 is 15.8 Å². The second-order valence-electron chi connectivity index (χ2n) is 4.16. The highest BCUT2D eigenvalue weighted by Crippen LogP contribution is 2.21. The number of benzene rings is 1. The fourth-order valence-corrected chi connectivity index (χ4v) is 2.06. The van der Waals surface area contributed by atoms with E-state index < -0.39 is 0 Å². The summed E-state index contributed by atoms with van der Waals surface area (Å²) in [5.41, 5.74) is 8.01. The molecule has 4 nitrogen and oxygen atoms in total. The van der Waals surface area contributed by atoms with Crippen molar-refractivity contribution < 1.29 is 4.74 Å². The molecule has 1 aromatic carbocycles. The number of nitrogens with one attached hydrogen (secondary N) is 1. The largest absolute Gasteiger partial charge is 0.383 e. The number of fused-ring (bicyclic) bond motifs is 1. The van der Waals surface area contributed by atoms with E-state index in [1.54, 1.807) is 7.11 Å². The fraction of sp³-hybridized carbons (Fsp3) is 0.357. The van der Waals surface area contributed by atoms with Crippen molar-refractivity contribution in [2.75, 3.05) is 26.8 Å². The third-order valence-electron chi connectivity index (χ3n) is 2.97. The topological polar surface area (TPSA) is 60.2 Å². The van der Waals surface area contributed by atoms with Gasteiger partial charge in [-0.3, -0.25) is 4.98 Å². The Labute approximate surface area is 107 Å². The Balaban J connectivity index is 2.27. The van der Waals surface area contributed by atoms with Gasteiger partial charge in [-0.05, 0) is 11.6 Å². The monoisotopic (exact) mass is 245 g/mol.